The van der Waals surface area contributed by atoms with E-state index in [4.69, 9.17) is 4.74 Å². The van der Waals surface area contributed by atoms with Gasteiger partial charge in [0.1, 0.15) is 18.6 Å². The van der Waals surface area contributed by atoms with Gasteiger partial charge in [0.05, 0.1) is 11.9 Å². The van der Waals surface area contributed by atoms with Gasteiger partial charge in [-0.25, -0.2) is 0 Å². The molecule has 1 aromatic carbocycles. The molecule has 0 atom stereocenters. The summed E-state index contributed by atoms with van der Waals surface area (Å²) in [4.78, 5) is 4.36. The SMILES string of the molecule is Cn1cc(-c2ccc(OCc3ccccc3)cn2)[c]n1. The number of benzene rings is 1. The van der Waals surface area contributed by atoms with Gasteiger partial charge in [0, 0.05) is 18.8 Å². The van der Waals surface area contributed by atoms with E-state index in [0.717, 1.165) is 22.6 Å². The molecule has 99 valence electrons. The highest BCUT2D eigenvalue weighted by Gasteiger charge is 2.03. The highest BCUT2D eigenvalue weighted by molar-refractivity contribution is 5.56. The van der Waals surface area contributed by atoms with Crippen molar-refractivity contribution in [1.29, 1.82) is 0 Å². The molecule has 3 aromatic rings. The first kappa shape index (κ1) is 12.4. The summed E-state index contributed by atoms with van der Waals surface area (Å²) in [5.41, 5.74) is 2.85. The molecule has 0 aliphatic carbocycles. The predicted octanol–water partition coefficient (Wildman–Crippen LogP) is 2.86. The van der Waals surface area contributed by atoms with Crippen molar-refractivity contribution in [3.63, 3.8) is 0 Å². The van der Waals surface area contributed by atoms with Gasteiger partial charge in [0.15, 0.2) is 0 Å². The Labute approximate surface area is 117 Å². The van der Waals surface area contributed by atoms with Crippen molar-refractivity contribution in [2.75, 3.05) is 0 Å². The van der Waals surface area contributed by atoms with Crippen LogP contribution >= 0.6 is 0 Å². The van der Waals surface area contributed by atoms with Crippen molar-refractivity contribution >= 4 is 0 Å². The van der Waals surface area contributed by atoms with Crippen LogP contribution in [-0.2, 0) is 13.7 Å². The maximum Gasteiger partial charge on any atom is 0.138 e. The van der Waals surface area contributed by atoms with Gasteiger partial charge in [-0.2, -0.15) is 5.10 Å². The van der Waals surface area contributed by atoms with Gasteiger partial charge in [-0.05, 0) is 17.7 Å². The van der Waals surface area contributed by atoms with Gasteiger partial charge in [-0.3, -0.25) is 9.67 Å². The van der Waals surface area contributed by atoms with Crippen LogP contribution in [0.1, 0.15) is 5.56 Å². The van der Waals surface area contributed by atoms with Gasteiger partial charge in [-0.1, -0.05) is 30.3 Å². The van der Waals surface area contributed by atoms with Crippen molar-refractivity contribution in [1.82, 2.24) is 14.8 Å². The minimum absolute atomic E-state index is 0.543. The average Bonchev–Trinajstić information content (AvgIpc) is 2.93. The largest absolute Gasteiger partial charge is 0.487 e. The van der Waals surface area contributed by atoms with Crippen molar-refractivity contribution in [2.45, 2.75) is 6.61 Å². The highest BCUT2D eigenvalue weighted by atomic mass is 16.5. The lowest BCUT2D eigenvalue weighted by Gasteiger charge is -2.06. The fourth-order valence-electron chi connectivity index (χ4n) is 1.87. The van der Waals surface area contributed by atoms with Gasteiger partial charge in [-0.15, -0.1) is 0 Å². The highest BCUT2D eigenvalue weighted by Crippen LogP contribution is 2.18. The minimum atomic E-state index is 0.543. The lowest BCUT2D eigenvalue weighted by molar-refractivity contribution is 0.305. The lowest BCUT2D eigenvalue weighted by Crippen LogP contribution is -1.95. The standard InChI is InChI=1S/C16H14N3O/c1-19-11-14(9-18-19)16-8-7-15(10-17-16)20-12-13-5-3-2-4-6-13/h2-8,10-11H,12H2,1H3. The monoisotopic (exact) mass is 264 g/mol. The second kappa shape index (κ2) is 5.57. The van der Waals surface area contributed by atoms with E-state index in [1.807, 2.05) is 55.7 Å². The molecule has 0 N–H and O–H groups in total. The molecule has 0 saturated heterocycles. The first-order valence-corrected chi connectivity index (χ1v) is 6.36. The topological polar surface area (TPSA) is 39.9 Å². The zero-order valence-electron chi connectivity index (χ0n) is 11.2. The molecule has 2 aromatic heterocycles. The van der Waals surface area contributed by atoms with Crippen LogP contribution in [-0.4, -0.2) is 14.8 Å². The molecule has 3 rings (SSSR count). The van der Waals surface area contributed by atoms with E-state index >= 15 is 0 Å². The molecule has 4 nitrogen and oxygen atoms in total. The number of hydrogen-bond acceptors (Lipinski definition) is 3. The molecule has 0 unspecified atom stereocenters. The van der Waals surface area contributed by atoms with Crippen LogP contribution in [0.15, 0.2) is 54.9 Å². The van der Waals surface area contributed by atoms with Crippen molar-refractivity contribution in [2.24, 2.45) is 7.05 Å². The number of nitrogens with zero attached hydrogens (tertiary/aromatic N) is 3. The number of rotatable bonds is 4. The molecule has 0 fully saturated rings. The summed E-state index contributed by atoms with van der Waals surface area (Å²) in [6, 6.07) is 13.9. The maximum atomic E-state index is 5.69. The quantitative estimate of drug-likeness (QED) is 0.727. The average molecular weight is 264 g/mol. The van der Waals surface area contributed by atoms with E-state index in [1.165, 1.54) is 0 Å². The predicted molar refractivity (Wildman–Crippen MR) is 76.0 cm³/mol. The summed E-state index contributed by atoms with van der Waals surface area (Å²) in [7, 11) is 1.86. The van der Waals surface area contributed by atoms with E-state index in [-0.39, 0.29) is 0 Å². The molecular formula is C16H14N3O. The van der Waals surface area contributed by atoms with E-state index in [2.05, 4.69) is 16.3 Å². The summed E-state index contributed by atoms with van der Waals surface area (Å²) >= 11 is 0. The van der Waals surface area contributed by atoms with Gasteiger partial charge < -0.3 is 4.74 Å². The summed E-state index contributed by atoms with van der Waals surface area (Å²) < 4.78 is 7.40. The summed E-state index contributed by atoms with van der Waals surface area (Å²) in [5, 5.41) is 4.01. The molecule has 0 saturated carbocycles. The molecule has 0 bridgehead atoms. The summed E-state index contributed by atoms with van der Waals surface area (Å²) in [5.74, 6) is 0.751. The Morgan fingerprint density at radius 1 is 1.15 bits per heavy atom. The van der Waals surface area contributed by atoms with Crippen LogP contribution < -0.4 is 4.74 Å². The third-order valence-corrected chi connectivity index (χ3v) is 2.90. The summed E-state index contributed by atoms with van der Waals surface area (Å²) in [6.45, 7) is 0.543. The lowest BCUT2D eigenvalue weighted by atomic mass is 10.2. The molecule has 0 aliphatic rings. The third-order valence-electron chi connectivity index (χ3n) is 2.90. The fraction of sp³-hybridized carbons (Fsp3) is 0.125. The third kappa shape index (κ3) is 2.85. The van der Waals surface area contributed by atoms with Crippen molar-refractivity contribution < 1.29 is 4.74 Å². The molecule has 4 heteroatoms. The second-order valence-electron chi connectivity index (χ2n) is 4.48. The summed E-state index contributed by atoms with van der Waals surface area (Å²) in [6.07, 6.45) is 6.51. The Bertz CT molecular complexity index is 674. The molecular weight excluding hydrogens is 250 g/mol. The zero-order chi connectivity index (χ0) is 13.8. The van der Waals surface area contributed by atoms with E-state index < -0.39 is 0 Å². The normalized spacial score (nSPS) is 10.4. The second-order valence-corrected chi connectivity index (χ2v) is 4.48. The fourth-order valence-corrected chi connectivity index (χ4v) is 1.87. The Balaban J connectivity index is 1.67. The Hall–Kier alpha value is -2.62. The van der Waals surface area contributed by atoms with E-state index in [1.54, 1.807) is 10.9 Å². The van der Waals surface area contributed by atoms with Crippen molar-refractivity contribution in [3.8, 4) is 17.0 Å². The smallest absolute Gasteiger partial charge is 0.138 e. The molecule has 2 heterocycles. The van der Waals surface area contributed by atoms with Crippen LogP contribution in [0, 0.1) is 6.20 Å². The van der Waals surface area contributed by atoms with Gasteiger partial charge in [0.2, 0.25) is 0 Å². The van der Waals surface area contributed by atoms with Gasteiger partial charge >= 0.3 is 0 Å². The van der Waals surface area contributed by atoms with Crippen LogP contribution in [0.5, 0.6) is 5.75 Å². The number of aromatic nitrogens is 3. The number of ether oxygens (including phenoxy) is 1. The molecule has 1 radical (unpaired) electrons. The van der Waals surface area contributed by atoms with Crippen LogP contribution in [0.25, 0.3) is 11.3 Å². The molecule has 0 amide bonds. The number of aryl methyl sites for hydroxylation is 1. The Kier molecular flexibility index (Phi) is 3.46. The first-order chi connectivity index (χ1) is 9.81. The van der Waals surface area contributed by atoms with Crippen LogP contribution in [0.2, 0.25) is 0 Å². The van der Waals surface area contributed by atoms with Gasteiger partial charge in [0.25, 0.3) is 0 Å². The van der Waals surface area contributed by atoms with E-state index in [9.17, 15) is 0 Å². The Morgan fingerprint density at radius 3 is 2.65 bits per heavy atom. The molecule has 0 spiro atoms. The van der Waals surface area contributed by atoms with Crippen molar-refractivity contribution in [3.05, 3.63) is 66.6 Å². The zero-order valence-corrected chi connectivity index (χ0v) is 11.2. The first-order valence-electron chi connectivity index (χ1n) is 6.36. The van der Waals surface area contributed by atoms with Crippen LogP contribution in [0.4, 0.5) is 0 Å². The minimum Gasteiger partial charge on any atom is -0.487 e. The molecule has 20 heavy (non-hydrogen) atoms. The number of hydrogen-bond donors (Lipinski definition) is 0. The Morgan fingerprint density at radius 2 is 2.00 bits per heavy atom. The van der Waals surface area contributed by atoms with Crippen LogP contribution in [0.3, 0.4) is 0 Å². The maximum absolute atomic E-state index is 5.69. The molecule has 0 aliphatic heterocycles. The van der Waals surface area contributed by atoms with E-state index in [0.29, 0.717) is 6.61 Å². The number of pyridine rings is 1.